The maximum atomic E-state index is 12.2. The van der Waals surface area contributed by atoms with Gasteiger partial charge < -0.3 is 10.6 Å². The maximum Gasteiger partial charge on any atom is 0.396 e. The van der Waals surface area contributed by atoms with Gasteiger partial charge in [0.2, 0.25) is 5.95 Å². The van der Waals surface area contributed by atoms with Crippen LogP contribution in [-0.2, 0) is 6.42 Å². The molecule has 8 heteroatoms. The van der Waals surface area contributed by atoms with Gasteiger partial charge in [-0.1, -0.05) is 0 Å². The van der Waals surface area contributed by atoms with Crippen molar-refractivity contribution in [2.75, 3.05) is 24.5 Å². The number of nitrogens with one attached hydrogen (secondary N) is 1. The molecule has 18 heavy (non-hydrogen) atoms. The van der Waals surface area contributed by atoms with Crippen molar-refractivity contribution in [1.29, 1.82) is 0 Å². The van der Waals surface area contributed by atoms with E-state index in [2.05, 4.69) is 15.2 Å². The highest BCUT2D eigenvalue weighted by atomic mass is 19.4. The molecule has 0 saturated carbocycles. The number of nitrogens with zero attached hydrogens (tertiary/aromatic N) is 3. The van der Waals surface area contributed by atoms with Crippen LogP contribution in [0.3, 0.4) is 0 Å². The van der Waals surface area contributed by atoms with Crippen molar-refractivity contribution in [3.8, 4) is 0 Å². The van der Waals surface area contributed by atoms with E-state index in [-0.39, 0.29) is 5.82 Å². The van der Waals surface area contributed by atoms with Crippen molar-refractivity contribution in [2.24, 2.45) is 11.7 Å². The average Bonchev–Trinajstić information content (AvgIpc) is 2.75. The van der Waals surface area contributed by atoms with E-state index in [1.807, 2.05) is 4.90 Å². The zero-order chi connectivity index (χ0) is 13.2. The van der Waals surface area contributed by atoms with E-state index in [0.29, 0.717) is 25.0 Å². The lowest BCUT2D eigenvalue weighted by molar-refractivity contribution is -0.128. The van der Waals surface area contributed by atoms with Crippen molar-refractivity contribution in [2.45, 2.75) is 25.4 Å². The van der Waals surface area contributed by atoms with Crippen LogP contribution in [-0.4, -0.2) is 41.0 Å². The molecule has 1 fully saturated rings. The molecule has 1 aliphatic rings. The first-order valence-corrected chi connectivity index (χ1v) is 5.91. The van der Waals surface area contributed by atoms with Gasteiger partial charge in [0.05, 0.1) is 0 Å². The van der Waals surface area contributed by atoms with Gasteiger partial charge in [-0.15, -0.1) is 5.10 Å². The first-order chi connectivity index (χ1) is 8.48. The first kappa shape index (κ1) is 13.1. The molecule has 1 aromatic rings. The summed E-state index contributed by atoms with van der Waals surface area (Å²) in [5, 5.41) is 6.18. The molecule has 2 heterocycles. The van der Waals surface area contributed by atoms with Gasteiger partial charge in [-0.2, -0.15) is 18.2 Å². The van der Waals surface area contributed by atoms with Gasteiger partial charge in [0.15, 0.2) is 0 Å². The van der Waals surface area contributed by atoms with Crippen molar-refractivity contribution in [3.63, 3.8) is 0 Å². The van der Waals surface area contributed by atoms with Gasteiger partial charge in [-0.3, -0.25) is 5.10 Å². The topological polar surface area (TPSA) is 70.8 Å². The third-order valence-electron chi connectivity index (χ3n) is 3.02. The number of hydrogen-bond donors (Lipinski definition) is 2. The Morgan fingerprint density at radius 1 is 1.44 bits per heavy atom. The molecular formula is C10H16F3N5. The van der Waals surface area contributed by atoms with Crippen molar-refractivity contribution < 1.29 is 13.2 Å². The summed E-state index contributed by atoms with van der Waals surface area (Å²) in [6, 6.07) is 0. The molecule has 0 bridgehead atoms. The quantitative estimate of drug-likeness (QED) is 0.856. The van der Waals surface area contributed by atoms with Gasteiger partial charge in [0, 0.05) is 13.1 Å². The third kappa shape index (κ3) is 3.34. The van der Waals surface area contributed by atoms with E-state index >= 15 is 0 Å². The monoisotopic (exact) mass is 263 g/mol. The number of aromatic nitrogens is 3. The van der Waals surface area contributed by atoms with Crippen LogP contribution in [0.5, 0.6) is 0 Å². The minimum absolute atomic E-state index is 0.146. The maximum absolute atomic E-state index is 12.2. The SMILES string of the molecule is NCC1CCCN(c2n[nH]c(CC(F)(F)F)n2)C1. The molecular weight excluding hydrogens is 247 g/mol. The molecule has 0 spiro atoms. The summed E-state index contributed by atoms with van der Waals surface area (Å²) < 4.78 is 36.6. The Labute approximate surface area is 103 Å². The van der Waals surface area contributed by atoms with Crippen molar-refractivity contribution in [3.05, 3.63) is 5.82 Å². The summed E-state index contributed by atoms with van der Waals surface area (Å²) in [6.07, 6.45) is -3.33. The number of nitrogens with two attached hydrogens (primary N) is 1. The molecule has 0 aliphatic carbocycles. The van der Waals surface area contributed by atoms with E-state index in [9.17, 15) is 13.2 Å². The lowest BCUT2D eigenvalue weighted by atomic mass is 9.99. The molecule has 2 rings (SSSR count). The van der Waals surface area contributed by atoms with E-state index in [1.54, 1.807) is 0 Å². The second-order valence-corrected chi connectivity index (χ2v) is 4.56. The van der Waals surface area contributed by atoms with E-state index in [4.69, 9.17) is 5.73 Å². The van der Waals surface area contributed by atoms with Crippen LogP contribution in [0.4, 0.5) is 19.1 Å². The Morgan fingerprint density at radius 2 is 2.22 bits per heavy atom. The Morgan fingerprint density at radius 3 is 2.89 bits per heavy atom. The van der Waals surface area contributed by atoms with Gasteiger partial charge in [-0.25, -0.2) is 0 Å². The molecule has 1 atom stereocenters. The normalized spacial score (nSPS) is 21.3. The van der Waals surface area contributed by atoms with Crippen LogP contribution < -0.4 is 10.6 Å². The molecule has 102 valence electrons. The number of alkyl halides is 3. The fourth-order valence-electron chi connectivity index (χ4n) is 2.13. The van der Waals surface area contributed by atoms with Crippen molar-refractivity contribution in [1.82, 2.24) is 15.2 Å². The largest absolute Gasteiger partial charge is 0.396 e. The second-order valence-electron chi connectivity index (χ2n) is 4.56. The van der Waals surface area contributed by atoms with E-state index in [0.717, 1.165) is 19.4 Å². The minimum Gasteiger partial charge on any atom is -0.339 e. The summed E-state index contributed by atoms with van der Waals surface area (Å²) >= 11 is 0. The summed E-state index contributed by atoms with van der Waals surface area (Å²) in [7, 11) is 0. The van der Waals surface area contributed by atoms with Crippen LogP contribution >= 0.6 is 0 Å². The van der Waals surface area contributed by atoms with Gasteiger partial charge in [0.1, 0.15) is 12.2 Å². The highest BCUT2D eigenvalue weighted by Gasteiger charge is 2.30. The predicted octanol–water partition coefficient (Wildman–Crippen LogP) is 1.08. The van der Waals surface area contributed by atoms with Crippen LogP contribution in [0, 0.1) is 5.92 Å². The molecule has 0 radical (unpaired) electrons. The molecule has 5 nitrogen and oxygen atoms in total. The summed E-state index contributed by atoms with van der Waals surface area (Å²) in [5.74, 6) is 0.558. The highest BCUT2D eigenvalue weighted by molar-refractivity contribution is 5.29. The smallest absolute Gasteiger partial charge is 0.339 e. The van der Waals surface area contributed by atoms with E-state index in [1.165, 1.54) is 0 Å². The third-order valence-corrected chi connectivity index (χ3v) is 3.02. The molecule has 1 saturated heterocycles. The number of H-pyrrole nitrogens is 1. The Kier molecular flexibility index (Phi) is 3.74. The van der Waals surface area contributed by atoms with Crippen LogP contribution in [0.15, 0.2) is 0 Å². The van der Waals surface area contributed by atoms with Crippen LogP contribution in [0.25, 0.3) is 0 Å². The molecule has 0 aromatic carbocycles. The fourth-order valence-corrected chi connectivity index (χ4v) is 2.13. The predicted molar refractivity (Wildman–Crippen MR) is 60.1 cm³/mol. The van der Waals surface area contributed by atoms with Gasteiger partial charge >= 0.3 is 6.18 Å². The summed E-state index contributed by atoms with van der Waals surface area (Å²) in [4.78, 5) is 5.77. The number of piperidine rings is 1. The van der Waals surface area contributed by atoms with Crippen LogP contribution in [0.1, 0.15) is 18.7 Å². The summed E-state index contributed by atoms with van der Waals surface area (Å²) in [6.45, 7) is 2.05. The van der Waals surface area contributed by atoms with E-state index < -0.39 is 12.6 Å². The zero-order valence-electron chi connectivity index (χ0n) is 9.87. The standard InChI is InChI=1S/C10H16F3N5/c11-10(12,13)4-8-15-9(17-16-8)18-3-1-2-7(5-14)6-18/h7H,1-6,14H2,(H,15,16,17). The average molecular weight is 263 g/mol. The highest BCUT2D eigenvalue weighted by Crippen LogP contribution is 2.22. The van der Waals surface area contributed by atoms with Gasteiger partial charge in [0.25, 0.3) is 0 Å². The molecule has 1 aromatic heterocycles. The molecule has 1 aliphatic heterocycles. The summed E-state index contributed by atoms with van der Waals surface area (Å²) in [5.41, 5.74) is 5.61. The van der Waals surface area contributed by atoms with Crippen molar-refractivity contribution >= 4 is 5.95 Å². The molecule has 1 unspecified atom stereocenters. The lowest BCUT2D eigenvalue weighted by Crippen LogP contribution is -2.39. The lowest BCUT2D eigenvalue weighted by Gasteiger charge is -2.31. The number of hydrogen-bond acceptors (Lipinski definition) is 4. The fraction of sp³-hybridized carbons (Fsp3) is 0.800. The number of anilines is 1. The first-order valence-electron chi connectivity index (χ1n) is 5.91. The molecule has 3 N–H and O–H groups in total. The number of rotatable bonds is 3. The zero-order valence-corrected chi connectivity index (χ0v) is 9.87. The Bertz CT molecular complexity index is 389. The Balaban J connectivity index is 2.01. The van der Waals surface area contributed by atoms with Crippen LogP contribution in [0.2, 0.25) is 0 Å². The second kappa shape index (κ2) is 5.13. The number of halogens is 3. The van der Waals surface area contributed by atoms with Gasteiger partial charge in [-0.05, 0) is 25.3 Å². The minimum atomic E-state index is -4.27. The number of aromatic amines is 1. The Hall–Kier alpha value is -1.31. The molecule has 0 amide bonds.